The monoisotopic (exact) mass is 212 g/mol. The standard InChI is InChI=1S/C10H16N2O3/c1-7-9(15-8(2)12-7)10(13)11-5-4-6-14-3/h4-6H2,1-3H3,(H,11,13). The number of carbonyl (C=O) groups excluding carboxylic acids is 1. The van der Waals surface area contributed by atoms with Crippen LogP contribution in [0, 0.1) is 13.8 Å². The normalized spacial score (nSPS) is 10.3. The maximum Gasteiger partial charge on any atom is 0.289 e. The minimum absolute atomic E-state index is 0.218. The second kappa shape index (κ2) is 5.50. The zero-order chi connectivity index (χ0) is 11.3. The molecule has 1 N–H and O–H groups in total. The Bertz CT molecular complexity index is 333. The number of hydrogen-bond donors (Lipinski definition) is 1. The van der Waals surface area contributed by atoms with Crippen molar-refractivity contribution in [2.24, 2.45) is 0 Å². The Morgan fingerprint density at radius 2 is 2.27 bits per heavy atom. The van der Waals surface area contributed by atoms with Crippen LogP contribution >= 0.6 is 0 Å². The van der Waals surface area contributed by atoms with E-state index < -0.39 is 0 Å². The van der Waals surface area contributed by atoms with Gasteiger partial charge in [0.05, 0.1) is 5.69 Å². The van der Waals surface area contributed by atoms with Crippen LogP contribution in [0.25, 0.3) is 0 Å². The number of amides is 1. The molecule has 1 amide bonds. The molecule has 1 rings (SSSR count). The lowest BCUT2D eigenvalue weighted by Gasteiger charge is -2.02. The van der Waals surface area contributed by atoms with Crippen molar-refractivity contribution in [1.29, 1.82) is 0 Å². The third-order valence-electron chi connectivity index (χ3n) is 1.92. The molecule has 1 aromatic rings. The van der Waals surface area contributed by atoms with Gasteiger partial charge in [-0.15, -0.1) is 0 Å². The van der Waals surface area contributed by atoms with Gasteiger partial charge in [0, 0.05) is 27.2 Å². The second-order valence-corrected chi connectivity index (χ2v) is 3.25. The molecule has 1 aromatic heterocycles. The second-order valence-electron chi connectivity index (χ2n) is 3.25. The lowest BCUT2D eigenvalue weighted by molar-refractivity contribution is 0.0919. The van der Waals surface area contributed by atoms with Crippen LogP contribution in [0.15, 0.2) is 4.42 Å². The van der Waals surface area contributed by atoms with Gasteiger partial charge in [0.1, 0.15) is 0 Å². The first-order valence-electron chi connectivity index (χ1n) is 4.86. The minimum atomic E-state index is -0.218. The molecule has 0 atom stereocenters. The molecule has 5 nitrogen and oxygen atoms in total. The first kappa shape index (κ1) is 11.7. The SMILES string of the molecule is COCCCNC(=O)c1oc(C)nc1C. The van der Waals surface area contributed by atoms with Gasteiger partial charge in [-0.05, 0) is 13.3 Å². The summed E-state index contributed by atoms with van der Waals surface area (Å²) in [5.41, 5.74) is 0.622. The Balaban J connectivity index is 2.43. The number of ether oxygens (including phenoxy) is 1. The van der Waals surface area contributed by atoms with Crippen LogP contribution in [0.3, 0.4) is 0 Å². The average molecular weight is 212 g/mol. The highest BCUT2D eigenvalue weighted by Gasteiger charge is 2.14. The van der Waals surface area contributed by atoms with E-state index in [0.717, 1.165) is 6.42 Å². The summed E-state index contributed by atoms with van der Waals surface area (Å²) in [4.78, 5) is 15.6. The van der Waals surface area contributed by atoms with E-state index in [9.17, 15) is 4.79 Å². The molecule has 0 spiro atoms. The summed E-state index contributed by atoms with van der Waals surface area (Å²) in [6, 6.07) is 0. The highest BCUT2D eigenvalue weighted by molar-refractivity contribution is 5.92. The van der Waals surface area contributed by atoms with Crippen LogP contribution in [0.1, 0.15) is 28.6 Å². The molecule has 84 valence electrons. The molecule has 0 saturated carbocycles. The maximum atomic E-state index is 11.6. The van der Waals surface area contributed by atoms with Gasteiger partial charge in [0.15, 0.2) is 5.89 Å². The quantitative estimate of drug-likeness (QED) is 0.741. The van der Waals surface area contributed by atoms with E-state index in [2.05, 4.69) is 10.3 Å². The summed E-state index contributed by atoms with van der Waals surface area (Å²) in [7, 11) is 1.63. The predicted octanol–water partition coefficient (Wildman–Crippen LogP) is 1.06. The van der Waals surface area contributed by atoms with Crippen molar-refractivity contribution in [2.45, 2.75) is 20.3 Å². The highest BCUT2D eigenvalue weighted by Crippen LogP contribution is 2.08. The van der Waals surface area contributed by atoms with E-state index in [-0.39, 0.29) is 5.91 Å². The molecule has 0 unspecified atom stereocenters. The van der Waals surface area contributed by atoms with Crippen molar-refractivity contribution >= 4 is 5.91 Å². The largest absolute Gasteiger partial charge is 0.436 e. The third-order valence-corrected chi connectivity index (χ3v) is 1.92. The van der Waals surface area contributed by atoms with Crippen molar-refractivity contribution in [3.63, 3.8) is 0 Å². The van der Waals surface area contributed by atoms with Crippen LogP contribution in [-0.4, -0.2) is 31.2 Å². The molecule has 0 aliphatic carbocycles. The Hall–Kier alpha value is -1.36. The van der Waals surface area contributed by atoms with Crippen LogP contribution in [-0.2, 0) is 4.74 Å². The van der Waals surface area contributed by atoms with Gasteiger partial charge in [0.2, 0.25) is 5.76 Å². The predicted molar refractivity (Wildman–Crippen MR) is 54.8 cm³/mol. The topological polar surface area (TPSA) is 64.4 Å². The lowest BCUT2D eigenvalue weighted by Crippen LogP contribution is -2.25. The van der Waals surface area contributed by atoms with Crippen molar-refractivity contribution in [2.75, 3.05) is 20.3 Å². The van der Waals surface area contributed by atoms with Crippen LogP contribution < -0.4 is 5.32 Å². The molecule has 1 heterocycles. The van der Waals surface area contributed by atoms with Gasteiger partial charge >= 0.3 is 0 Å². The van der Waals surface area contributed by atoms with E-state index in [1.807, 2.05) is 0 Å². The summed E-state index contributed by atoms with van der Waals surface area (Å²) in [5.74, 6) is 0.587. The first-order valence-corrected chi connectivity index (χ1v) is 4.86. The van der Waals surface area contributed by atoms with Crippen molar-refractivity contribution in [3.05, 3.63) is 17.3 Å². The number of aryl methyl sites for hydroxylation is 2. The Kier molecular flexibility index (Phi) is 4.30. The number of hydrogen-bond acceptors (Lipinski definition) is 4. The summed E-state index contributed by atoms with van der Waals surface area (Å²) >= 11 is 0. The van der Waals surface area contributed by atoms with Crippen LogP contribution in [0.4, 0.5) is 0 Å². The summed E-state index contributed by atoms with van der Waals surface area (Å²) < 4.78 is 10.0. The fourth-order valence-corrected chi connectivity index (χ4v) is 1.24. The molecule has 0 saturated heterocycles. The molecule has 5 heteroatoms. The number of rotatable bonds is 5. The number of nitrogens with one attached hydrogen (secondary N) is 1. The molecule has 0 aliphatic heterocycles. The molecule has 0 radical (unpaired) electrons. The number of aromatic nitrogens is 1. The van der Waals surface area contributed by atoms with E-state index >= 15 is 0 Å². The molecule has 0 bridgehead atoms. The van der Waals surface area contributed by atoms with Gasteiger partial charge in [-0.2, -0.15) is 0 Å². The Morgan fingerprint density at radius 1 is 1.53 bits per heavy atom. The lowest BCUT2D eigenvalue weighted by atomic mass is 10.3. The number of carbonyl (C=O) groups is 1. The van der Waals surface area contributed by atoms with Crippen molar-refractivity contribution < 1.29 is 13.9 Å². The average Bonchev–Trinajstić information content (AvgIpc) is 2.52. The van der Waals surface area contributed by atoms with E-state index in [1.165, 1.54) is 0 Å². The number of methoxy groups -OCH3 is 1. The van der Waals surface area contributed by atoms with E-state index in [0.29, 0.717) is 30.5 Å². The summed E-state index contributed by atoms with van der Waals surface area (Å²) in [6.07, 6.45) is 0.786. The van der Waals surface area contributed by atoms with Gasteiger partial charge < -0.3 is 14.5 Å². The molecular weight excluding hydrogens is 196 g/mol. The van der Waals surface area contributed by atoms with E-state index in [4.69, 9.17) is 9.15 Å². The maximum absolute atomic E-state index is 11.6. The van der Waals surface area contributed by atoms with Crippen molar-refractivity contribution in [1.82, 2.24) is 10.3 Å². The van der Waals surface area contributed by atoms with Crippen molar-refractivity contribution in [3.8, 4) is 0 Å². The zero-order valence-electron chi connectivity index (χ0n) is 9.29. The fraction of sp³-hybridized carbons (Fsp3) is 0.600. The summed E-state index contributed by atoms with van der Waals surface area (Å²) in [5, 5.41) is 2.74. The summed E-state index contributed by atoms with van der Waals surface area (Å²) in [6.45, 7) is 4.68. The molecule has 0 aromatic carbocycles. The Morgan fingerprint density at radius 3 is 2.80 bits per heavy atom. The third kappa shape index (κ3) is 3.36. The number of nitrogens with zero attached hydrogens (tertiary/aromatic N) is 1. The van der Waals surface area contributed by atoms with Crippen LogP contribution in [0.5, 0.6) is 0 Å². The van der Waals surface area contributed by atoms with E-state index in [1.54, 1.807) is 21.0 Å². The smallest absolute Gasteiger partial charge is 0.289 e. The number of oxazole rings is 1. The zero-order valence-corrected chi connectivity index (χ0v) is 9.29. The highest BCUT2D eigenvalue weighted by atomic mass is 16.5. The van der Waals surface area contributed by atoms with Gasteiger partial charge in [-0.3, -0.25) is 4.79 Å². The molecule has 15 heavy (non-hydrogen) atoms. The molecule has 0 fully saturated rings. The molecule has 0 aliphatic rings. The van der Waals surface area contributed by atoms with Gasteiger partial charge in [-0.1, -0.05) is 0 Å². The first-order chi connectivity index (χ1) is 7.15. The van der Waals surface area contributed by atoms with Gasteiger partial charge in [-0.25, -0.2) is 4.98 Å². The van der Waals surface area contributed by atoms with Crippen LogP contribution in [0.2, 0.25) is 0 Å². The Labute approximate surface area is 88.8 Å². The fourth-order valence-electron chi connectivity index (χ4n) is 1.24. The minimum Gasteiger partial charge on any atom is -0.436 e. The van der Waals surface area contributed by atoms with Gasteiger partial charge in [0.25, 0.3) is 5.91 Å². The molecular formula is C10H16N2O3.